The number of benzene rings is 1. The predicted molar refractivity (Wildman–Crippen MR) is 151 cm³/mol. The number of hydrogen-bond donors (Lipinski definition) is 1. The van der Waals surface area contributed by atoms with Crippen LogP contribution in [0.25, 0.3) is 11.6 Å². The first-order chi connectivity index (χ1) is 20.6. The van der Waals surface area contributed by atoms with Gasteiger partial charge >= 0.3 is 6.18 Å². The number of methoxy groups -OCH3 is 2. The molecule has 4 aromatic rings. The van der Waals surface area contributed by atoms with E-state index in [0.29, 0.717) is 34.3 Å². The normalized spacial score (nSPS) is 11.6. The van der Waals surface area contributed by atoms with Gasteiger partial charge in [0.1, 0.15) is 17.3 Å². The highest BCUT2D eigenvalue weighted by atomic mass is 19.4. The van der Waals surface area contributed by atoms with E-state index in [9.17, 15) is 18.0 Å². The van der Waals surface area contributed by atoms with Gasteiger partial charge in [-0.1, -0.05) is 0 Å². The molecular formula is C28H26F3N7O5. The average Bonchev–Trinajstić information content (AvgIpc) is 3.43. The van der Waals surface area contributed by atoms with E-state index < -0.39 is 23.6 Å². The van der Waals surface area contributed by atoms with Crippen molar-refractivity contribution in [1.82, 2.24) is 24.7 Å². The van der Waals surface area contributed by atoms with Gasteiger partial charge in [0.05, 0.1) is 38.9 Å². The first-order valence-electron chi connectivity index (χ1n) is 12.6. The second kappa shape index (κ2) is 13.0. The standard InChI is InChI=1S/C28H26F3N7O5/c1-6-19(17-12-20(40-4)21(41-5)13-18(17)32-3)43-16-8-9-23(35-14-16)36-27(39)24-22(42-7-2)15-38(37-24)26-25(28(29,30)31)33-10-11-34-26/h6,8-15H,3,7H2,1-2,4-5H3,(H,35,36,39)/b19-6+. The summed E-state index contributed by atoms with van der Waals surface area (Å²) in [6.07, 6.45) is 1.42. The summed E-state index contributed by atoms with van der Waals surface area (Å²) in [4.78, 5) is 28.4. The number of allylic oxidation sites excluding steroid dienone is 1. The number of nitrogens with zero attached hydrogens (tertiary/aromatic N) is 6. The Morgan fingerprint density at radius 1 is 1.09 bits per heavy atom. The van der Waals surface area contributed by atoms with E-state index in [-0.39, 0.29) is 23.9 Å². The number of halogens is 3. The van der Waals surface area contributed by atoms with Gasteiger partial charge in [-0.25, -0.2) is 19.6 Å². The van der Waals surface area contributed by atoms with Gasteiger partial charge in [0.25, 0.3) is 5.91 Å². The summed E-state index contributed by atoms with van der Waals surface area (Å²) < 4.78 is 63.4. The SMILES string of the molecule is C=Nc1cc(OC)c(OC)cc1/C(=C\C)Oc1ccc(NC(=O)c2nn(-c3nccnc3C(F)(F)F)cc2OCC)nc1. The van der Waals surface area contributed by atoms with Gasteiger partial charge in [-0.15, -0.1) is 0 Å². The molecule has 224 valence electrons. The molecule has 12 nitrogen and oxygen atoms in total. The maximum Gasteiger partial charge on any atom is 0.437 e. The zero-order chi connectivity index (χ0) is 31.1. The van der Waals surface area contributed by atoms with Crippen molar-refractivity contribution in [2.45, 2.75) is 20.0 Å². The molecule has 1 aromatic carbocycles. The van der Waals surface area contributed by atoms with Crippen molar-refractivity contribution in [2.75, 3.05) is 26.1 Å². The number of hydrogen-bond acceptors (Lipinski definition) is 10. The Morgan fingerprint density at radius 2 is 1.81 bits per heavy atom. The third kappa shape index (κ3) is 6.72. The number of anilines is 1. The predicted octanol–water partition coefficient (Wildman–Crippen LogP) is 5.52. The number of aromatic nitrogens is 5. The summed E-state index contributed by atoms with van der Waals surface area (Å²) in [6.45, 7) is 7.16. The highest BCUT2D eigenvalue weighted by Crippen LogP contribution is 2.38. The number of rotatable bonds is 11. The van der Waals surface area contributed by atoms with Crippen LogP contribution in [0.3, 0.4) is 0 Å². The maximum atomic E-state index is 13.5. The lowest BCUT2D eigenvalue weighted by Gasteiger charge is -2.15. The third-order valence-electron chi connectivity index (χ3n) is 5.77. The second-order valence-electron chi connectivity index (χ2n) is 8.42. The summed E-state index contributed by atoms with van der Waals surface area (Å²) in [5.74, 6) is 0.367. The fourth-order valence-electron chi connectivity index (χ4n) is 3.87. The molecule has 4 rings (SSSR count). The molecular weight excluding hydrogens is 571 g/mol. The zero-order valence-electron chi connectivity index (χ0n) is 23.5. The van der Waals surface area contributed by atoms with Crippen LogP contribution >= 0.6 is 0 Å². The van der Waals surface area contributed by atoms with Crippen molar-refractivity contribution >= 4 is 29.9 Å². The molecule has 0 atom stereocenters. The lowest BCUT2D eigenvalue weighted by molar-refractivity contribution is -0.141. The van der Waals surface area contributed by atoms with E-state index in [1.807, 2.05) is 0 Å². The van der Waals surface area contributed by atoms with Crippen LogP contribution in [0, 0.1) is 0 Å². The number of carbonyl (C=O) groups is 1. The summed E-state index contributed by atoms with van der Waals surface area (Å²) in [5, 5.41) is 6.55. The Balaban J connectivity index is 1.55. The molecule has 43 heavy (non-hydrogen) atoms. The van der Waals surface area contributed by atoms with Crippen LogP contribution in [0.2, 0.25) is 0 Å². The van der Waals surface area contributed by atoms with E-state index in [1.54, 1.807) is 38.1 Å². The summed E-state index contributed by atoms with van der Waals surface area (Å²) in [6, 6.07) is 6.40. The molecule has 0 spiro atoms. The number of ether oxygens (including phenoxy) is 4. The number of pyridine rings is 1. The first-order valence-corrected chi connectivity index (χ1v) is 12.6. The van der Waals surface area contributed by atoms with E-state index in [4.69, 9.17) is 18.9 Å². The minimum Gasteiger partial charge on any atom is -0.493 e. The second-order valence-corrected chi connectivity index (χ2v) is 8.42. The Hall–Kier alpha value is -5.47. The van der Waals surface area contributed by atoms with Gasteiger partial charge in [0.15, 0.2) is 34.5 Å². The smallest absolute Gasteiger partial charge is 0.437 e. The molecule has 0 saturated carbocycles. The van der Waals surface area contributed by atoms with Gasteiger partial charge in [0.2, 0.25) is 0 Å². The van der Waals surface area contributed by atoms with E-state index in [1.165, 1.54) is 26.5 Å². The highest BCUT2D eigenvalue weighted by molar-refractivity contribution is 6.04. The molecule has 15 heteroatoms. The summed E-state index contributed by atoms with van der Waals surface area (Å²) in [7, 11) is 3.02. The van der Waals surface area contributed by atoms with Crippen molar-refractivity contribution in [3.05, 3.63) is 72.1 Å². The average molecular weight is 598 g/mol. The summed E-state index contributed by atoms with van der Waals surface area (Å²) >= 11 is 0. The first kappa shape index (κ1) is 30.5. The minimum absolute atomic E-state index is 0.0574. The van der Waals surface area contributed by atoms with Crippen molar-refractivity contribution in [2.24, 2.45) is 4.99 Å². The van der Waals surface area contributed by atoms with Crippen LogP contribution < -0.4 is 24.3 Å². The van der Waals surface area contributed by atoms with Crippen LogP contribution in [0.4, 0.5) is 24.7 Å². The fraction of sp³-hybridized carbons (Fsp3) is 0.214. The molecule has 1 N–H and O–H groups in total. The van der Waals surface area contributed by atoms with Crippen LogP contribution in [-0.4, -0.2) is 58.2 Å². The monoisotopic (exact) mass is 597 g/mol. The number of aliphatic imine (C=N–C) groups is 1. The molecule has 0 bridgehead atoms. The van der Waals surface area contributed by atoms with Crippen LogP contribution in [-0.2, 0) is 6.18 Å². The molecule has 0 unspecified atom stereocenters. The lowest BCUT2D eigenvalue weighted by Crippen LogP contribution is -2.17. The summed E-state index contributed by atoms with van der Waals surface area (Å²) in [5.41, 5.74) is -0.467. The van der Waals surface area contributed by atoms with Crippen molar-refractivity contribution in [3.63, 3.8) is 0 Å². The van der Waals surface area contributed by atoms with Gasteiger partial charge in [-0.05, 0) is 44.8 Å². The van der Waals surface area contributed by atoms with Gasteiger partial charge in [-0.3, -0.25) is 9.79 Å². The molecule has 0 saturated heterocycles. The molecule has 1 amide bonds. The minimum atomic E-state index is -4.80. The van der Waals surface area contributed by atoms with Crippen molar-refractivity contribution < 1.29 is 36.9 Å². The molecule has 0 radical (unpaired) electrons. The van der Waals surface area contributed by atoms with E-state index in [0.717, 1.165) is 23.3 Å². The Kier molecular flexibility index (Phi) is 9.23. The molecule has 0 aliphatic heterocycles. The van der Waals surface area contributed by atoms with Crippen molar-refractivity contribution in [3.8, 4) is 28.8 Å². The lowest BCUT2D eigenvalue weighted by atomic mass is 10.1. The number of carbonyl (C=O) groups excluding carboxylic acids is 1. The largest absolute Gasteiger partial charge is 0.493 e. The third-order valence-corrected chi connectivity index (χ3v) is 5.77. The highest BCUT2D eigenvalue weighted by Gasteiger charge is 2.37. The fourth-order valence-corrected chi connectivity index (χ4v) is 3.87. The Morgan fingerprint density at radius 3 is 2.42 bits per heavy atom. The van der Waals surface area contributed by atoms with Crippen molar-refractivity contribution in [1.29, 1.82) is 0 Å². The van der Waals surface area contributed by atoms with Crippen LogP contribution in [0.15, 0.2) is 60.1 Å². The molecule has 0 aliphatic rings. The Labute approximate surface area is 243 Å². The molecule has 0 fully saturated rings. The number of amides is 1. The number of alkyl halides is 3. The number of nitrogens with one attached hydrogen (secondary N) is 1. The molecule has 3 aromatic heterocycles. The zero-order valence-corrected chi connectivity index (χ0v) is 23.5. The van der Waals surface area contributed by atoms with Gasteiger partial charge in [-0.2, -0.15) is 18.3 Å². The molecule has 0 aliphatic carbocycles. The van der Waals surface area contributed by atoms with Gasteiger partial charge < -0.3 is 24.3 Å². The van der Waals surface area contributed by atoms with Gasteiger partial charge in [0, 0.05) is 24.0 Å². The quantitative estimate of drug-likeness (QED) is 0.175. The van der Waals surface area contributed by atoms with E-state index >= 15 is 0 Å². The molecule has 3 heterocycles. The van der Waals surface area contributed by atoms with Crippen LogP contribution in [0.5, 0.6) is 23.0 Å². The van der Waals surface area contributed by atoms with Crippen LogP contribution in [0.1, 0.15) is 35.6 Å². The topological polar surface area (TPSA) is 135 Å². The Bertz CT molecular complexity index is 1650. The maximum absolute atomic E-state index is 13.5. The van der Waals surface area contributed by atoms with E-state index in [2.05, 4.69) is 37.1 Å².